The van der Waals surface area contributed by atoms with Crippen molar-refractivity contribution in [3.05, 3.63) is 124 Å². The Kier molecular flexibility index (Phi) is 6.39. The van der Waals surface area contributed by atoms with Crippen LogP contribution in [-0.4, -0.2) is 20.9 Å². The molecule has 6 rings (SSSR count). The summed E-state index contributed by atoms with van der Waals surface area (Å²) in [5.41, 5.74) is 6.38. The Morgan fingerprint density at radius 3 is 2.51 bits per heavy atom. The molecule has 0 aliphatic heterocycles. The summed E-state index contributed by atoms with van der Waals surface area (Å²) in [6, 6.07) is 28.3. The van der Waals surface area contributed by atoms with Crippen LogP contribution in [0.5, 0.6) is 0 Å². The molecule has 1 amide bonds. The van der Waals surface area contributed by atoms with Gasteiger partial charge in [0, 0.05) is 40.2 Å². The molecule has 190 valence electrons. The number of aryl methyl sites for hydroxylation is 1. The van der Waals surface area contributed by atoms with E-state index in [0.29, 0.717) is 38.6 Å². The summed E-state index contributed by atoms with van der Waals surface area (Å²) in [6.07, 6.45) is 1.72. The van der Waals surface area contributed by atoms with Crippen LogP contribution in [0.15, 0.2) is 102 Å². The van der Waals surface area contributed by atoms with Crippen LogP contribution in [0.1, 0.15) is 11.3 Å². The van der Waals surface area contributed by atoms with Crippen molar-refractivity contribution in [2.24, 2.45) is 0 Å². The standard InChI is InChI=1S/C32H23ClN4O2/c1-19-9-11-23(12-10-19)35-29(39)17-24-16-28(38)26-18-25(22-14-21-8-5-13-34-31(21)27(33)15-22)30(37-32(26)36-24)20-6-3-2-4-7-20/h2-16,18H,17H2,1H3,(H,35,39)(H,36,37,38). The van der Waals surface area contributed by atoms with Crippen molar-refractivity contribution in [3.8, 4) is 22.4 Å². The van der Waals surface area contributed by atoms with Gasteiger partial charge in [0.05, 0.1) is 28.0 Å². The highest BCUT2D eigenvalue weighted by Crippen LogP contribution is 2.36. The maximum atomic E-state index is 13.3. The van der Waals surface area contributed by atoms with Crippen molar-refractivity contribution in [1.82, 2.24) is 15.0 Å². The molecule has 3 heterocycles. The highest BCUT2D eigenvalue weighted by molar-refractivity contribution is 6.35. The number of hydrogen-bond donors (Lipinski definition) is 2. The number of H-pyrrole nitrogens is 1. The molecule has 0 bridgehead atoms. The predicted octanol–water partition coefficient (Wildman–Crippen LogP) is 6.95. The number of carbonyl (C=O) groups excluding carboxylic acids is 1. The number of aromatic nitrogens is 3. The molecule has 0 aliphatic rings. The number of amides is 1. The van der Waals surface area contributed by atoms with Gasteiger partial charge in [-0.3, -0.25) is 14.6 Å². The van der Waals surface area contributed by atoms with E-state index in [2.05, 4.69) is 15.3 Å². The Hall–Kier alpha value is -4.81. The fourth-order valence-electron chi connectivity index (χ4n) is 4.67. The van der Waals surface area contributed by atoms with Crippen molar-refractivity contribution >= 4 is 45.1 Å². The van der Waals surface area contributed by atoms with E-state index < -0.39 is 0 Å². The third-order valence-corrected chi connectivity index (χ3v) is 6.86. The fraction of sp³-hybridized carbons (Fsp3) is 0.0625. The summed E-state index contributed by atoms with van der Waals surface area (Å²) in [5, 5.41) is 4.71. The molecular weight excluding hydrogens is 508 g/mol. The van der Waals surface area contributed by atoms with Crippen LogP contribution in [0.25, 0.3) is 44.3 Å². The minimum absolute atomic E-state index is 0.0104. The van der Waals surface area contributed by atoms with Crippen LogP contribution >= 0.6 is 11.6 Å². The van der Waals surface area contributed by atoms with E-state index in [9.17, 15) is 9.59 Å². The highest BCUT2D eigenvalue weighted by atomic mass is 35.5. The van der Waals surface area contributed by atoms with E-state index in [4.69, 9.17) is 16.6 Å². The van der Waals surface area contributed by atoms with Crippen LogP contribution < -0.4 is 10.7 Å². The summed E-state index contributed by atoms with van der Waals surface area (Å²) in [6.45, 7) is 1.99. The van der Waals surface area contributed by atoms with Crippen molar-refractivity contribution < 1.29 is 4.79 Å². The van der Waals surface area contributed by atoms with Crippen LogP contribution in [0.4, 0.5) is 5.69 Å². The zero-order valence-electron chi connectivity index (χ0n) is 21.0. The van der Waals surface area contributed by atoms with Gasteiger partial charge in [-0.2, -0.15) is 0 Å². The second kappa shape index (κ2) is 10.2. The molecule has 6 nitrogen and oxygen atoms in total. The molecule has 0 atom stereocenters. The smallest absolute Gasteiger partial charge is 0.230 e. The van der Waals surface area contributed by atoms with Gasteiger partial charge in [-0.15, -0.1) is 0 Å². The number of pyridine rings is 3. The Labute approximate surface area is 229 Å². The lowest BCUT2D eigenvalue weighted by atomic mass is 9.96. The number of nitrogens with one attached hydrogen (secondary N) is 2. The van der Waals surface area contributed by atoms with E-state index in [1.807, 2.05) is 91.9 Å². The lowest BCUT2D eigenvalue weighted by Gasteiger charge is -2.13. The molecule has 39 heavy (non-hydrogen) atoms. The first-order chi connectivity index (χ1) is 18.9. The molecule has 6 aromatic rings. The molecule has 2 N–H and O–H groups in total. The first-order valence-electron chi connectivity index (χ1n) is 12.5. The van der Waals surface area contributed by atoms with E-state index >= 15 is 0 Å². The SMILES string of the molecule is Cc1ccc(NC(=O)Cc2cc(=O)c3cc(-c4cc(Cl)c5ncccc5c4)c(-c4ccccc4)nc3[nH]2)cc1. The van der Waals surface area contributed by atoms with Gasteiger partial charge in [0.15, 0.2) is 5.43 Å². The molecule has 0 radical (unpaired) electrons. The molecule has 0 aliphatic carbocycles. The number of nitrogens with zero attached hydrogens (tertiary/aromatic N) is 2. The second-order valence-corrected chi connectivity index (χ2v) is 9.84. The average molecular weight is 531 g/mol. The van der Waals surface area contributed by atoms with Gasteiger partial charge in [-0.25, -0.2) is 4.98 Å². The largest absolute Gasteiger partial charge is 0.343 e. The molecule has 3 aromatic heterocycles. The minimum Gasteiger partial charge on any atom is -0.343 e. The van der Waals surface area contributed by atoms with Gasteiger partial charge in [0.2, 0.25) is 5.91 Å². The minimum atomic E-state index is -0.229. The van der Waals surface area contributed by atoms with Crippen LogP contribution in [0, 0.1) is 6.92 Å². The lowest BCUT2D eigenvalue weighted by molar-refractivity contribution is -0.115. The normalized spacial score (nSPS) is 11.1. The Morgan fingerprint density at radius 2 is 1.72 bits per heavy atom. The molecule has 0 spiro atoms. The number of fused-ring (bicyclic) bond motifs is 2. The molecule has 3 aromatic carbocycles. The van der Waals surface area contributed by atoms with Crippen molar-refractivity contribution in [1.29, 1.82) is 0 Å². The van der Waals surface area contributed by atoms with Gasteiger partial charge in [0.1, 0.15) is 5.65 Å². The van der Waals surface area contributed by atoms with Gasteiger partial charge in [-0.1, -0.05) is 65.7 Å². The quantitative estimate of drug-likeness (QED) is 0.252. The summed E-state index contributed by atoms with van der Waals surface area (Å²) in [4.78, 5) is 38.5. The molecule has 7 heteroatoms. The van der Waals surface area contributed by atoms with Gasteiger partial charge < -0.3 is 10.3 Å². The molecule has 0 saturated heterocycles. The summed E-state index contributed by atoms with van der Waals surface area (Å²) < 4.78 is 0. The maximum absolute atomic E-state index is 13.3. The summed E-state index contributed by atoms with van der Waals surface area (Å²) >= 11 is 6.61. The average Bonchev–Trinajstić information content (AvgIpc) is 2.94. The molecular formula is C32H23ClN4O2. The van der Waals surface area contributed by atoms with Crippen LogP contribution in [-0.2, 0) is 11.2 Å². The van der Waals surface area contributed by atoms with E-state index in [1.54, 1.807) is 6.20 Å². The number of carbonyl (C=O) groups is 1. The monoisotopic (exact) mass is 530 g/mol. The van der Waals surface area contributed by atoms with Gasteiger partial charge >= 0.3 is 0 Å². The number of rotatable bonds is 5. The number of benzene rings is 3. The zero-order chi connectivity index (χ0) is 26.9. The summed E-state index contributed by atoms with van der Waals surface area (Å²) in [5.74, 6) is -0.229. The summed E-state index contributed by atoms with van der Waals surface area (Å²) in [7, 11) is 0. The zero-order valence-corrected chi connectivity index (χ0v) is 21.8. The van der Waals surface area contributed by atoms with E-state index in [-0.39, 0.29) is 17.8 Å². The lowest BCUT2D eigenvalue weighted by Crippen LogP contribution is -2.17. The van der Waals surface area contributed by atoms with Crippen molar-refractivity contribution in [3.63, 3.8) is 0 Å². The number of anilines is 1. The van der Waals surface area contributed by atoms with Crippen LogP contribution in [0.2, 0.25) is 5.02 Å². The van der Waals surface area contributed by atoms with Crippen molar-refractivity contribution in [2.75, 3.05) is 5.32 Å². The number of halogens is 1. The topological polar surface area (TPSA) is 87.7 Å². The number of hydrogen-bond acceptors (Lipinski definition) is 4. The second-order valence-electron chi connectivity index (χ2n) is 9.43. The Morgan fingerprint density at radius 1 is 0.923 bits per heavy atom. The molecule has 0 saturated carbocycles. The van der Waals surface area contributed by atoms with E-state index in [0.717, 1.165) is 27.6 Å². The molecule has 0 unspecified atom stereocenters. The Balaban J connectivity index is 1.45. The van der Waals surface area contributed by atoms with Gasteiger partial charge in [0.25, 0.3) is 0 Å². The fourth-order valence-corrected chi connectivity index (χ4v) is 4.95. The van der Waals surface area contributed by atoms with Crippen LogP contribution in [0.3, 0.4) is 0 Å². The third-order valence-electron chi connectivity index (χ3n) is 6.58. The van der Waals surface area contributed by atoms with Crippen molar-refractivity contribution in [2.45, 2.75) is 13.3 Å². The van der Waals surface area contributed by atoms with Gasteiger partial charge in [-0.05, 0) is 48.9 Å². The van der Waals surface area contributed by atoms with E-state index in [1.165, 1.54) is 6.07 Å². The first-order valence-corrected chi connectivity index (χ1v) is 12.9. The Bertz CT molecular complexity index is 1920. The predicted molar refractivity (Wildman–Crippen MR) is 157 cm³/mol. The maximum Gasteiger partial charge on any atom is 0.230 e. The third kappa shape index (κ3) is 5.02. The first kappa shape index (κ1) is 24.5. The highest BCUT2D eigenvalue weighted by Gasteiger charge is 2.16. The number of aromatic amines is 1. The molecule has 0 fully saturated rings.